The highest BCUT2D eigenvalue weighted by atomic mass is 16.4. The fraction of sp³-hybridized carbons (Fsp3) is 0.214. The number of nitrogens with one attached hydrogen (secondary N) is 1. The van der Waals surface area contributed by atoms with Gasteiger partial charge in [-0.1, -0.05) is 36.4 Å². The average Bonchev–Trinajstić information content (AvgIpc) is 2.35. The zero-order valence-electron chi connectivity index (χ0n) is 9.68. The van der Waals surface area contributed by atoms with E-state index in [1.807, 2.05) is 18.2 Å². The first kappa shape index (κ1) is 11.6. The van der Waals surface area contributed by atoms with Crippen LogP contribution < -0.4 is 5.32 Å². The second-order valence-corrected chi connectivity index (χ2v) is 4.12. The van der Waals surface area contributed by atoms with Gasteiger partial charge in [-0.15, -0.1) is 0 Å². The Bertz CT molecular complexity index is 536. The number of carboxylic acid groups (broad SMARTS) is 1. The van der Waals surface area contributed by atoms with Crippen molar-refractivity contribution in [3.05, 3.63) is 48.0 Å². The SMILES string of the molecule is C[C@H](NCc1ccc2ccccc2c1)C(=O)O. The van der Waals surface area contributed by atoms with Crippen molar-refractivity contribution in [3.63, 3.8) is 0 Å². The van der Waals surface area contributed by atoms with Crippen LogP contribution in [0, 0.1) is 0 Å². The molecule has 0 fully saturated rings. The fourth-order valence-electron chi connectivity index (χ4n) is 1.71. The zero-order valence-corrected chi connectivity index (χ0v) is 9.68. The largest absolute Gasteiger partial charge is 0.480 e. The lowest BCUT2D eigenvalue weighted by atomic mass is 10.1. The molecule has 17 heavy (non-hydrogen) atoms. The van der Waals surface area contributed by atoms with E-state index >= 15 is 0 Å². The molecule has 1 atom stereocenters. The van der Waals surface area contributed by atoms with Gasteiger partial charge in [0.15, 0.2) is 0 Å². The monoisotopic (exact) mass is 229 g/mol. The highest BCUT2D eigenvalue weighted by Crippen LogP contribution is 2.15. The minimum absolute atomic E-state index is 0.526. The Morgan fingerprint density at radius 2 is 1.94 bits per heavy atom. The van der Waals surface area contributed by atoms with E-state index in [0.717, 1.165) is 5.56 Å². The van der Waals surface area contributed by atoms with Crippen LogP contribution in [-0.2, 0) is 11.3 Å². The first-order valence-corrected chi connectivity index (χ1v) is 5.60. The van der Waals surface area contributed by atoms with Gasteiger partial charge in [0.2, 0.25) is 0 Å². The quantitative estimate of drug-likeness (QED) is 0.846. The van der Waals surface area contributed by atoms with E-state index in [2.05, 4.69) is 29.6 Å². The molecule has 3 nitrogen and oxygen atoms in total. The Morgan fingerprint density at radius 3 is 2.65 bits per heavy atom. The highest BCUT2D eigenvalue weighted by Gasteiger charge is 2.09. The normalized spacial score (nSPS) is 12.5. The Labute approximate surface area is 100 Å². The lowest BCUT2D eigenvalue weighted by Crippen LogP contribution is -2.33. The molecule has 0 aliphatic rings. The van der Waals surface area contributed by atoms with E-state index in [1.54, 1.807) is 6.92 Å². The third-order valence-electron chi connectivity index (χ3n) is 2.80. The maximum Gasteiger partial charge on any atom is 0.320 e. The summed E-state index contributed by atoms with van der Waals surface area (Å²) in [5.74, 6) is -0.828. The molecule has 0 radical (unpaired) electrons. The van der Waals surface area contributed by atoms with Crippen molar-refractivity contribution in [2.45, 2.75) is 19.5 Å². The van der Waals surface area contributed by atoms with E-state index in [9.17, 15) is 4.79 Å². The topological polar surface area (TPSA) is 49.3 Å². The van der Waals surface area contributed by atoms with Gasteiger partial charge < -0.3 is 10.4 Å². The molecule has 0 aromatic heterocycles. The molecule has 2 rings (SSSR count). The van der Waals surface area contributed by atoms with Crippen LogP contribution in [-0.4, -0.2) is 17.1 Å². The van der Waals surface area contributed by atoms with Crippen molar-refractivity contribution >= 4 is 16.7 Å². The Balaban J connectivity index is 2.12. The van der Waals surface area contributed by atoms with Crippen LogP contribution in [0.15, 0.2) is 42.5 Å². The number of carboxylic acids is 1. The van der Waals surface area contributed by atoms with Gasteiger partial charge in [0.05, 0.1) is 0 Å². The highest BCUT2D eigenvalue weighted by molar-refractivity contribution is 5.83. The molecule has 0 aliphatic heterocycles. The molecule has 0 heterocycles. The first-order chi connectivity index (χ1) is 8.16. The zero-order chi connectivity index (χ0) is 12.3. The summed E-state index contributed by atoms with van der Waals surface area (Å²) in [6, 6.07) is 13.7. The maximum absolute atomic E-state index is 10.7. The van der Waals surface area contributed by atoms with Crippen molar-refractivity contribution in [2.75, 3.05) is 0 Å². The maximum atomic E-state index is 10.7. The van der Waals surface area contributed by atoms with Crippen LogP contribution in [0.4, 0.5) is 0 Å². The lowest BCUT2D eigenvalue weighted by molar-refractivity contribution is -0.139. The van der Waals surface area contributed by atoms with Crippen molar-refractivity contribution in [3.8, 4) is 0 Å². The number of hydrogen-bond acceptors (Lipinski definition) is 2. The summed E-state index contributed by atoms with van der Waals surface area (Å²) in [4.78, 5) is 10.7. The molecule has 2 N–H and O–H groups in total. The van der Waals surface area contributed by atoms with Crippen molar-refractivity contribution in [1.29, 1.82) is 0 Å². The van der Waals surface area contributed by atoms with Gasteiger partial charge in [0.25, 0.3) is 0 Å². The van der Waals surface area contributed by atoms with Crippen LogP contribution in [0.1, 0.15) is 12.5 Å². The van der Waals surface area contributed by atoms with Gasteiger partial charge in [0.1, 0.15) is 6.04 Å². The molecule has 0 saturated carbocycles. The molecule has 0 unspecified atom stereocenters. The summed E-state index contributed by atoms with van der Waals surface area (Å²) in [7, 11) is 0. The Morgan fingerprint density at radius 1 is 1.24 bits per heavy atom. The minimum atomic E-state index is -0.828. The van der Waals surface area contributed by atoms with Gasteiger partial charge in [-0.05, 0) is 29.3 Å². The van der Waals surface area contributed by atoms with Crippen molar-refractivity contribution in [1.82, 2.24) is 5.32 Å². The lowest BCUT2D eigenvalue weighted by Gasteiger charge is -2.09. The third kappa shape index (κ3) is 2.82. The Kier molecular flexibility index (Phi) is 3.40. The number of aliphatic carboxylic acids is 1. The second kappa shape index (κ2) is 4.97. The fourth-order valence-corrected chi connectivity index (χ4v) is 1.71. The molecule has 0 aliphatic carbocycles. The molecule has 0 bridgehead atoms. The van der Waals surface area contributed by atoms with Gasteiger partial charge in [-0.25, -0.2) is 0 Å². The molecule has 2 aromatic carbocycles. The summed E-state index contributed by atoms with van der Waals surface area (Å²) < 4.78 is 0. The number of fused-ring (bicyclic) bond motifs is 1. The van der Waals surface area contributed by atoms with E-state index in [-0.39, 0.29) is 0 Å². The molecular formula is C14H15NO2. The van der Waals surface area contributed by atoms with E-state index in [4.69, 9.17) is 5.11 Å². The smallest absolute Gasteiger partial charge is 0.320 e. The molecule has 0 saturated heterocycles. The summed E-state index contributed by atoms with van der Waals surface area (Å²) in [6.07, 6.45) is 0. The van der Waals surface area contributed by atoms with E-state index in [0.29, 0.717) is 6.54 Å². The summed E-state index contributed by atoms with van der Waals surface area (Å²) >= 11 is 0. The van der Waals surface area contributed by atoms with Crippen LogP contribution in [0.5, 0.6) is 0 Å². The number of hydrogen-bond donors (Lipinski definition) is 2. The molecule has 0 spiro atoms. The summed E-state index contributed by atoms with van der Waals surface area (Å²) in [5, 5.41) is 14.1. The van der Waals surface area contributed by atoms with Gasteiger partial charge in [-0.2, -0.15) is 0 Å². The summed E-state index contributed by atoms with van der Waals surface area (Å²) in [5.41, 5.74) is 1.09. The number of rotatable bonds is 4. The molecular weight excluding hydrogens is 214 g/mol. The van der Waals surface area contributed by atoms with Crippen molar-refractivity contribution < 1.29 is 9.90 Å². The standard InChI is InChI=1S/C14H15NO2/c1-10(14(16)17)15-9-11-6-7-12-4-2-3-5-13(12)8-11/h2-8,10,15H,9H2,1H3,(H,16,17)/t10-/m0/s1. The third-order valence-corrected chi connectivity index (χ3v) is 2.80. The molecule has 2 aromatic rings. The minimum Gasteiger partial charge on any atom is -0.480 e. The van der Waals surface area contributed by atoms with Crippen molar-refractivity contribution in [2.24, 2.45) is 0 Å². The number of carbonyl (C=O) groups is 1. The van der Waals surface area contributed by atoms with Crippen LogP contribution >= 0.6 is 0 Å². The van der Waals surface area contributed by atoms with Crippen LogP contribution in [0.3, 0.4) is 0 Å². The molecule has 0 amide bonds. The van der Waals surface area contributed by atoms with Gasteiger partial charge >= 0.3 is 5.97 Å². The Hall–Kier alpha value is -1.87. The van der Waals surface area contributed by atoms with E-state index < -0.39 is 12.0 Å². The molecule has 3 heteroatoms. The van der Waals surface area contributed by atoms with Crippen LogP contribution in [0.2, 0.25) is 0 Å². The molecule has 88 valence electrons. The average molecular weight is 229 g/mol. The predicted octanol–water partition coefficient (Wildman–Crippen LogP) is 2.40. The summed E-state index contributed by atoms with van der Waals surface area (Å²) in [6.45, 7) is 2.21. The van der Waals surface area contributed by atoms with E-state index in [1.165, 1.54) is 10.8 Å². The van der Waals surface area contributed by atoms with Gasteiger partial charge in [-0.3, -0.25) is 4.79 Å². The van der Waals surface area contributed by atoms with Gasteiger partial charge in [0, 0.05) is 6.54 Å². The first-order valence-electron chi connectivity index (χ1n) is 5.60. The second-order valence-electron chi connectivity index (χ2n) is 4.12. The van der Waals surface area contributed by atoms with Crippen LogP contribution in [0.25, 0.3) is 10.8 Å². The number of benzene rings is 2. The predicted molar refractivity (Wildman–Crippen MR) is 67.9 cm³/mol.